The standard InChI is InChI=1S/C16H24N2O2/c1-3-11(4-2)10-17-16(20)18-15-13-8-6-5-7-12(13)9-14(15)19/h5-8,11,14-15,19H,3-4,9-10H2,1-2H3,(H2,17,18,20)/t14-,15+/m0/s1. The van der Waals surface area contributed by atoms with Gasteiger partial charge in [-0.25, -0.2) is 4.79 Å². The second-order valence-electron chi connectivity index (χ2n) is 5.48. The molecule has 2 rings (SSSR count). The number of hydrogen-bond acceptors (Lipinski definition) is 2. The van der Waals surface area contributed by atoms with E-state index < -0.39 is 6.10 Å². The van der Waals surface area contributed by atoms with E-state index in [1.165, 1.54) is 0 Å². The molecule has 4 nitrogen and oxygen atoms in total. The Morgan fingerprint density at radius 1 is 1.35 bits per heavy atom. The van der Waals surface area contributed by atoms with Gasteiger partial charge in [0, 0.05) is 13.0 Å². The number of rotatable bonds is 5. The number of nitrogens with one attached hydrogen (secondary N) is 2. The predicted octanol–water partition coefficient (Wildman–Crippen LogP) is 2.38. The van der Waals surface area contributed by atoms with Crippen molar-refractivity contribution in [1.29, 1.82) is 0 Å². The van der Waals surface area contributed by atoms with Crippen molar-refractivity contribution in [2.45, 2.75) is 45.3 Å². The Balaban J connectivity index is 1.91. The van der Waals surface area contributed by atoms with Crippen LogP contribution in [0.1, 0.15) is 43.9 Å². The lowest BCUT2D eigenvalue weighted by Gasteiger charge is -2.20. The molecule has 0 aliphatic heterocycles. The molecule has 0 heterocycles. The van der Waals surface area contributed by atoms with Crippen LogP contribution in [0.3, 0.4) is 0 Å². The van der Waals surface area contributed by atoms with Gasteiger partial charge in [0.15, 0.2) is 0 Å². The number of urea groups is 1. The molecule has 2 amide bonds. The molecule has 0 bridgehead atoms. The number of fused-ring (bicyclic) bond motifs is 1. The highest BCUT2D eigenvalue weighted by molar-refractivity contribution is 5.74. The van der Waals surface area contributed by atoms with Crippen molar-refractivity contribution in [3.63, 3.8) is 0 Å². The monoisotopic (exact) mass is 276 g/mol. The van der Waals surface area contributed by atoms with E-state index in [9.17, 15) is 9.90 Å². The average molecular weight is 276 g/mol. The normalized spacial score (nSPS) is 20.8. The fourth-order valence-corrected chi connectivity index (χ4v) is 2.75. The van der Waals surface area contributed by atoms with E-state index in [0.29, 0.717) is 18.9 Å². The van der Waals surface area contributed by atoms with Gasteiger partial charge in [0.1, 0.15) is 0 Å². The maximum absolute atomic E-state index is 12.0. The first-order chi connectivity index (χ1) is 9.65. The van der Waals surface area contributed by atoms with Gasteiger partial charge in [0.2, 0.25) is 0 Å². The highest BCUT2D eigenvalue weighted by atomic mass is 16.3. The molecule has 1 aliphatic carbocycles. The minimum absolute atomic E-state index is 0.197. The molecule has 0 saturated heterocycles. The first kappa shape index (κ1) is 14.9. The molecule has 0 aromatic heterocycles. The Labute approximate surface area is 120 Å². The van der Waals surface area contributed by atoms with Crippen molar-refractivity contribution >= 4 is 6.03 Å². The van der Waals surface area contributed by atoms with E-state index in [1.54, 1.807) is 0 Å². The molecule has 1 aliphatic rings. The second-order valence-corrected chi connectivity index (χ2v) is 5.48. The summed E-state index contributed by atoms with van der Waals surface area (Å²) in [6.07, 6.45) is 2.19. The van der Waals surface area contributed by atoms with Gasteiger partial charge in [-0.15, -0.1) is 0 Å². The van der Waals surface area contributed by atoms with Crippen LogP contribution in [0.4, 0.5) is 4.79 Å². The molecule has 2 atom stereocenters. The number of aliphatic hydroxyl groups is 1. The minimum atomic E-state index is -0.536. The Morgan fingerprint density at radius 2 is 2.05 bits per heavy atom. The Kier molecular flexibility index (Phi) is 5.01. The zero-order valence-corrected chi connectivity index (χ0v) is 12.2. The summed E-state index contributed by atoms with van der Waals surface area (Å²) in [7, 11) is 0. The fraction of sp³-hybridized carbons (Fsp3) is 0.562. The summed E-state index contributed by atoms with van der Waals surface area (Å²) in [5.74, 6) is 0.515. The lowest BCUT2D eigenvalue weighted by atomic mass is 10.0. The van der Waals surface area contributed by atoms with Crippen molar-refractivity contribution in [3.05, 3.63) is 35.4 Å². The third-order valence-corrected chi connectivity index (χ3v) is 4.20. The maximum Gasteiger partial charge on any atom is 0.315 e. The molecular weight excluding hydrogens is 252 g/mol. The summed E-state index contributed by atoms with van der Waals surface area (Å²) in [4.78, 5) is 12.0. The summed E-state index contributed by atoms with van der Waals surface area (Å²) in [5, 5.41) is 15.9. The summed E-state index contributed by atoms with van der Waals surface area (Å²) < 4.78 is 0. The quantitative estimate of drug-likeness (QED) is 0.773. The Morgan fingerprint density at radius 3 is 2.75 bits per heavy atom. The van der Waals surface area contributed by atoms with Gasteiger partial charge in [0.05, 0.1) is 12.1 Å². The van der Waals surface area contributed by atoms with Crippen LogP contribution in [-0.4, -0.2) is 23.8 Å². The van der Waals surface area contributed by atoms with E-state index in [4.69, 9.17) is 0 Å². The lowest BCUT2D eigenvalue weighted by Crippen LogP contribution is -2.42. The molecule has 0 radical (unpaired) electrons. The largest absolute Gasteiger partial charge is 0.390 e. The van der Waals surface area contributed by atoms with Gasteiger partial charge < -0.3 is 15.7 Å². The van der Waals surface area contributed by atoms with Crippen LogP contribution in [0, 0.1) is 5.92 Å². The first-order valence-corrected chi connectivity index (χ1v) is 7.45. The molecule has 3 N–H and O–H groups in total. The van der Waals surface area contributed by atoms with Crippen molar-refractivity contribution in [1.82, 2.24) is 10.6 Å². The predicted molar refractivity (Wildman–Crippen MR) is 79.5 cm³/mol. The summed E-state index contributed by atoms with van der Waals surface area (Å²) in [6.45, 7) is 4.94. The fourth-order valence-electron chi connectivity index (χ4n) is 2.75. The molecule has 20 heavy (non-hydrogen) atoms. The first-order valence-electron chi connectivity index (χ1n) is 7.45. The lowest BCUT2D eigenvalue weighted by molar-refractivity contribution is 0.142. The Bertz CT molecular complexity index is 458. The second kappa shape index (κ2) is 6.75. The van der Waals surface area contributed by atoms with E-state index in [-0.39, 0.29) is 12.1 Å². The van der Waals surface area contributed by atoms with E-state index in [1.807, 2.05) is 24.3 Å². The minimum Gasteiger partial charge on any atom is -0.390 e. The summed E-state index contributed by atoms with van der Waals surface area (Å²) in [6, 6.07) is 7.37. The van der Waals surface area contributed by atoms with Crippen LogP contribution < -0.4 is 10.6 Å². The zero-order chi connectivity index (χ0) is 14.5. The smallest absolute Gasteiger partial charge is 0.315 e. The molecular formula is C16H24N2O2. The van der Waals surface area contributed by atoms with Gasteiger partial charge in [-0.05, 0) is 17.0 Å². The third-order valence-electron chi connectivity index (χ3n) is 4.20. The molecule has 0 saturated carbocycles. The molecule has 1 aromatic carbocycles. The number of benzene rings is 1. The van der Waals surface area contributed by atoms with E-state index >= 15 is 0 Å². The van der Waals surface area contributed by atoms with Crippen LogP contribution in [0.25, 0.3) is 0 Å². The van der Waals surface area contributed by atoms with Crippen molar-refractivity contribution in [2.75, 3.05) is 6.54 Å². The van der Waals surface area contributed by atoms with Crippen LogP contribution in [0.5, 0.6) is 0 Å². The van der Waals surface area contributed by atoms with Crippen molar-refractivity contribution in [3.8, 4) is 0 Å². The van der Waals surface area contributed by atoms with Crippen molar-refractivity contribution < 1.29 is 9.90 Å². The highest BCUT2D eigenvalue weighted by Gasteiger charge is 2.31. The Hall–Kier alpha value is -1.55. The third kappa shape index (κ3) is 3.31. The van der Waals surface area contributed by atoms with E-state index in [2.05, 4.69) is 24.5 Å². The number of carbonyl (C=O) groups excluding carboxylic acids is 1. The van der Waals surface area contributed by atoms with Gasteiger partial charge in [-0.3, -0.25) is 0 Å². The maximum atomic E-state index is 12.0. The SMILES string of the molecule is CCC(CC)CNC(=O)N[C@@H]1c2ccccc2C[C@@H]1O. The number of carbonyl (C=O) groups is 1. The van der Waals surface area contributed by atoms with Crippen LogP contribution in [-0.2, 0) is 6.42 Å². The molecule has 0 fully saturated rings. The van der Waals surface area contributed by atoms with Gasteiger partial charge in [-0.2, -0.15) is 0 Å². The van der Waals surface area contributed by atoms with Crippen LogP contribution in [0.2, 0.25) is 0 Å². The molecule has 110 valence electrons. The number of amides is 2. The number of hydrogen-bond donors (Lipinski definition) is 3. The van der Waals surface area contributed by atoms with Gasteiger partial charge in [-0.1, -0.05) is 51.0 Å². The average Bonchev–Trinajstić information content (AvgIpc) is 2.76. The molecule has 0 spiro atoms. The highest BCUT2D eigenvalue weighted by Crippen LogP contribution is 2.30. The zero-order valence-electron chi connectivity index (χ0n) is 12.2. The van der Waals surface area contributed by atoms with Gasteiger partial charge in [0.25, 0.3) is 0 Å². The van der Waals surface area contributed by atoms with E-state index in [0.717, 1.165) is 24.0 Å². The topological polar surface area (TPSA) is 61.4 Å². The van der Waals surface area contributed by atoms with Crippen molar-refractivity contribution in [2.24, 2.45) is 5.92 Å². The van der Waals surface area contributed by atoms with Crippen LogP contribution >= 0.6 is 0 Å². The molecule has 4 heteroatoms. The summed E-state index contributed by atoms with van der Waals surface area (Å²) >= 11 is 0. The number of aliphatic hydroxyl groups excluding tert-OH is 1. The molecule has 0 unspecified atom stereocenters. The summed E-state index contributed by atoms with van der Waals surface area (Å²) in [5.41, 5.74) is 2.14. The molecule has 1 aromatic rings. The van der Waals surface area contributed by atoms with Gasteiger partial charge >= 0.3 is 6.03 Å². The van der Waals surface area contributed by atoms with Crippen LogP contribution in [0.15, 0.2) is 24.3 Å².